The summed E-state index contributed by atoms with van der Waals surface area (Å²) in [5.74, 6) is -2.30. The Bertz CT molecular complexity index is 322. The minimum atomic E-state index is -2.46. The van der Waals surface area contributed by atoms with Crippen molar-refractivity contribution in [3.63, 3.8) is 0 Å². The molecule has 0 bridgehead atoms. The van der Waals surface area contributed by atoms with E-state index in [0.717, 1.165) is 13.1 Å². The lowest BCUT2D eigenvalue weighted by atomic mass is 9.86. The van der Waals surface area contributed by atoms with Crippen LogP contribution in [0.25, 0.3) is 0 Å². The predicted octanol–water partition coefficient (Wildman–Crippen LogP) is 1.97. The molecular weight excluding hydrogens is 238 g/mol. The lowest BCUT2D eigenvalue weighted by molar-refractivity contribution is -0.148. The zero-order valence-electron chi connectivity index (χ0n) is 11.4. The average Bonchev–Trinajstić information content (AvgIpc) is 2.24. The van der Waals surface area contributed by atoms with E-state index >= 15 is 0 Å². The lowest BCUT2D eigenvalue weighted by Gasteiger charge is -2.46. The normalized spacial score (nSPS) is 25.9. The van der Waals surface area contributed by atoms with Gasteiger partial charge in [0.15, 0.2) is 0 Å². The van der Waals surface area contributed by atoms with Gasteiger partial charge in [0.1, 0.15) is 0 Å². The van der Waals surface area contributed by atoms with E-state index in [4.69, 9.17) is 0 Å². The van der Waals surface area contributed by atoms with Gasteiger partial charge >= 0.3 is 0 Å². The highest BCUT2D eigenvalue weighted by molar-refractivity contribution is 5.81. The van der Waals surface area contributed by atoms with E-state index in [1.807, 2.05) is 25.7 Å². The molecule has 1 aliphatic carbocycles. The van der Waals surface area contributed by atoms with Crippen molar-refractivity contribution in [1.29, 1.82) is 0 Å². The number of halogens is 2. The fourth-order valence-electron chi connectivity index (χ4n) is 2.65. The highest BCUT2D eigenvalue weighted by atomic mass is 19.3. The summed E-state index contributed by atoms with van der Waals surface area (Å²) < 4.78 is 25.6. The van der Waals surface area contributed by atoms with Crippen molar-refractivity contribution in [3.8, 4) is 0 Å². The predicted molar refractivity (Wildman–Crippen MR) is 65.6 cm³/mol. The van der Waals surface area contributed by atoms with Crippen LogP contribution in [0.1, 0.15) is 33.6 Å². The molecule has 0 aromatic heterocycles. The van der Waals surface area contributed by atoms with Crippen LogP contribution in [0.2, 0.25) is 0 Å². The number of carbonyl (C=O) groups is 1. The third-order valence-electron chi connectivity index (χ3n) is 3.83. The Hall–Kier alpha value is -0.710. The van der Waals surface area contributed by atoms with E-state index in [2.05, 4.69) is 4.90 Å². The Labute approximate surface area is 107 Å². The van der Waals surface area contributed by atoms with Crippen LogP contribution in [-0.4, -0.2) is 53.9 Å². The second kappa shape index (κ2) is 4.44. The highest BCUT2D eigenvalue weighted by Gasteiger charge is 2.48. The quantitative estimate of drug-likeness (QED) is 0.719. The molecule has 0 N–H and O–H groups in total. The molecule has 1 amide bonds. The van der Waals surface area contributed by atoms with Crippen molar-refractivity contribution in [3.05, 3.63) is 0 Å². The molecular formula is C13H22F2N2O. The highest BCUT2D eigenvalue weighted by Crippen LogP contribution is 2.40. The van der Waals surface area contributed by atoms with Crippen LogP contribution in [0.3, 0.4) is 0 Å². The van der Waals surface area contributed by atoms with Crippen molar-refractivity contribution in [2.24, 2.45) is 5.41 Å². The van der Waals surface area contributed by atoms with Crippen LogP contribution in [0.5, 0.6) is 0 Å². The van der Waals surface area contributed by atoms with Crippen LogP contribution in [0.15, 0.2) is 0 Å². The number of hydrogen-bond donors (Lipinski definition) is 0. The molecule has 0 aromatic rings. The summed E-state index contributed by atoms with van der Waals surface area (Å²) in [6.45, 7) is 8.51. The van der Waals surface area contributed by atoms with Gasteiger partial charge in [-0.15, -0.1) is 0 Å². The van der Waals surface area contributed by atoms with Crippen LogP contribution in [0.4, 0.5) is 8.78 Å². The second-order valence-corrected chi connectivity index (χ2v) is 6.50. The Kier molecular flexibility index (Phi) is 3.38. The van der Waals surface area contributed by atoms with Crippen LogP contribution < -0.4 is 0 Å². The molecule has 1 saturated carbocycles. The summed E-state index contributed by atoms with van der Waals surface area (Å²) >= 11 is 0. The molecule has 5 heteroatoms. The van der Waals surface area contributed by atoms with Crippen LogP contribution in [0, 0.1) is 5.41 Å². The van der Waals surface area contributed by atoms with Crippen molar-refractivity contribution < 1.29 is 13.6 Å². The van der Waals surface area contributed by atoms with Crippen LogP contribution >= 0.6 is 0 Å². The molecule has 0 atom stereocenters. The fraction of sp³-hybridized carbons (Fsp3) is 0.923. The van der Waals surface area contributed by atoms with E-state index in [-0.39, 0.29) is 30.2 Å². The van der Waals surface area contributed by atoms with E-state index in [9.17, 15) is 13.6 Å². The summed E-state index contributed by atoms with van der Waals surface area (Å²) in [6.07, 6.45) is -0.0273. The first-order valence-electron chi connectivity index (χ1n) is 6.60. The largest absolute Gasteiger partial charge is 0.340 e. The van der Waals surface area contributed by atoms with Gasteiger partial charge in [0, 0.05) is 50.5 Å². The van der Waals surface area contributed by atoms with Crippen molar-refractivity contribution in [2.45, 2.75) is 45.6 Å². The first kappa shape index (κ1) is 13.7. The summed E-state index contributed by atoms with van der Waals surface area (Å²) in [5, 5.41) is 0. The topological polar surface area (TPSA) is 23.6 Å². The van der Waals surface area contributed by atoms with E-state index in [1.165, 1.54) is 0 Å². The number of amides is 1. The van der Waals surface area contributed by atoms with Crippen molar-refractivity contribution >= 4 is 5.91 Å². The number of piperazine rings is 1. The monoisotopic (exact) mass is 260 g/mol. The van der Waals surface area contributed by atoms with E-state index < -0.39 is 5.92 Å². The minimum absolute atomic E-state index is 0.0137. The number of carbonyl (C=O) groups excluding carboxylic acids is 1. The smallest absolute Gasteiger partial charge is 0.251 e. The fourth-order valence-corrected chi connectivity index (χ4v) is 2.65. The molecule has 0 spiro atoms. The molecule has 104 valence electrons. The van der Waals surface area contributed by atoms with E-state index in [1.54, 1.807) is 0 Å². The van der Waals surface area contributed by atoms with Gasteiger partial charge in [-0.25, -0.2) is 8.78 Å². The first-order chi connectivity index (χ1) is 8.19. The molecule has 1 aliphatic heterocycles. The minimum Gasteiger partial charge on any atom is -0.340 e. The Morgan fingerprint density at radius 2 is 1.61 bits per heavy atom. The molecule has 1 heterocycles. The molecule has 2 fully saturated rings. The third kappa shape index (κ3) is 2.82. The molecule has 3 nitrogen and oxygen atoms in total. The molecule has 2 rings (SSSR count). The van der Waals surface area contributed by atoms with Crippen LogP contribution in [-0.2, 0) is 4.79 Å². The summed E-state index contributed by atoms with van der Waals surface area (Å²) in [5.41, 5.74) is -0.355. The molecule has 18 heavy (non-hydrogen) atoms. The molecule has 0 aromatic carbocycles. The van der Waals surface area contributed by atoms with Crippen molar-refractivity contribution in [2.75, 3.05) is 26.2 Å². The molecule has 0 radical (unpaired) electrons. The Balaban J connectivity index is 1.80. The molecule has 1 saturated heterocycles. The number of rotatable bonds is 1. The summed E-state index contributed by atoms with van der Waals surface area (Å²) in [7, 11) is 0. The average molecular weight is 260 g/mol. The van der Waals surface area contributed by atoms with Gasteiger partial charge in [0.05, 0.1) is 0 Å². The maximum absolute atomic E-state index is 12.8. The number of hydrogen-bond acceptors (Lipinski definition) is 2. The van der Waals surface area contributed by atoms with Gasteiger partial charge < -0.3 is 4.90 Å². The SMILES string of the molecule is CC(C)(C)C(=O)N1CCN(C2CC(F)(F)C2)CC1. The summed E-state index contributed by atoms with van der Waals surface area (Å²) in [4.78, 5) is 16.0. The van der Waals surface area contributed by atoms with Gasteiger partial charge in [-0.05, 0) is 0 Å². The number of alkyl halides is 2. The lowest BCUT2D eigenvalue weighted by Crippen LogP contribution is -2.58. The van der Waals surface area contributed by atoms with Crippen molar-refractivity contribution in [1.82, 2.24) is 9.80 Å². The van der Waals surface area contributed by atoms with Gasteiger partial charge in [-0.3, -0.25) is 9.69 Å². The van der Waals surface area contributed by atoms with Gasteiger partial charge in [-0.1, -0.05) is 20.8 Å². The number of nitrogens with zero attached hydrogens (tertiary/aromatic N) is 2. The van der Waals surface area contributed by atoms with Gasteiger partial charge in [0.25, 0.3) is 5.92 Å². The summed E-state index contributed by atoms with van der Waals surface area (Å²) in [6, 6.07) is 0.0203. The van der Waals surface area contributed by atoms with Gasteiger partial charge in [0.2, 0.25) is 5.91 Å². The third-order valence-corrected chi connectivity index (χ3v) is 3.83. The molecule has 0 unspecified atom stereocenters. The first-order valence-corrected chi connectivity index (χ1v) is 6.60. The van der Waals surface area contributed by atoms with Gasteiger partial charge in [-0.2, -0.15) is 0 Å². The zero-order valence-corrected chi connectivity index (χ0v) is 11.4. The Morgan fingerprint density at radius 3 is 2.00 bits per heavy atom. The van der Waals surface area contributed by atoms with E-state index in [0.29, 0.717) is 13.1 Å². The molecule has 2 aliphatic rings. The zero-order chi connectivity index (χ0) is 13.6. The second-order valence-electron chi connectivity index (χ2n) is 6.50. The standard InChI is InChI=1S/C13H22F2N2O/c1-12(2,3)11(18)17-6-4-16(5-7-17)10-8-13(14,15)9-10/h10H,4-9H2,1-3H3. The maximum Gasteiger partial charge on any atom is 0.251 e. The maximum atomic E-state index is 12.8. The Morgan fingerprint density at radius 1 is 1.11 bits per heavy atom.